The van der Waals surface area contributed by atoms with E-state index in [1.165, 1.54) is 11.8 Å². The largest absolute Gasteiger partial charge is 0.368 e. The van der Waals surface area contributed by atoms with E-state index >= 15 is 0 Å². The van der Waals surface area contributed by atoms with Crippen molar-refractivity contribution in [2.45, 2.75) is 25.1 Å². The molecule has 1 fully saturated rings. The highest BCUT2D eigenvalue weighted by Crippen LogP contribution is 2.23. The molecule has 8 heteroatoms. The Kier molecular flexibility index (Phi) is 6.96. The van der Waals surface area contributed by atoms with Crippen molar-refractivity contribution in [2.75, 3.05) is 42.1 Å². The number of anilines is 2. The van der Waals surface area contributed by atoms with Gasteiger partial charge >= 0.3 is 0 Å². The van der Waals surface area contributed by atoms with Crippen LogP contribution in [0, 0.1) is 12.8 Å². The Bertz CT molecular complexity index is 812. The number of aromatic nitrogens is 1. The SMILES string of the molecule is Cc1csc(SCC(=O)Nc2ccc(N3CCN(C(=O)C(C)C)CC3)cc2)n1. The van der Waals surface area contributed by atoms with Crippen LogP contribution in [0.15, 0.2) is 34.0 Å². The number of hydrogen-bond acceptors (Lipinski definition) is 6. The quantitative estimate of drug-likeness (QED) is 0.728. The molecule has 1 aromatic carbocycles. The smallest absolute Gasteiger partial charge is 0.234 e. The molecule has 0 bridgehead atoms. The van der Waals surface area contributed by atoms with E-state index < -0.39 is 0 Å². The van der Waals surface area contributed by atoms with Crippen molar-refractivity contribution in [1.82, 2.24) is 9.88 Å². The average molecular weight is 419 g/mol. The maximum absolute atomic E-state index is 12.1. The Balaban J connectivity index is 1.47. The molecular formula is C20H26N4O2S2. The van der Waals surface area contributed by atoms with Crippen molar-refractivity contribution in [1.29, 1.82) is 0 Å². The van der Waals surface area contributed by atoms with Gasteiger partial charge in [0.2, 0.25) is 11.8 Å². The maximum atomic E-state index is 12.1. The topological polar surface area (TPSA) is 65.5 Å². The number of thiazole rings is 1. The molecule has 0 aliphatic carbocycles. The first-order valence-electron chi connectivity index (χ1n) is 9.41. The molecule has 0 saturated carbocycles. The zero-order chi connectivity index (χ0) is 20.1. The molecule has 1 aliphatic rings. The van der Waals surface area contributed by atoms with Crippen molar-refractivity contribution >= 4 is 46.3 Å². The van der Waals surface area contributed by atoms with Crippen LogP contribution in [-0.4, -0.2) is 53.6 Å². The van der Waals surface area contributed by atoms with Gasteiger partial charge in [-0.3, -0.25) is 9.59 Å². The van der Waals surface area contributed by atoms with Gasteiger partial charge in [-0.15, -0.1) is 11.3 Å². The van der Waals surface area contributed by atoms with E-state index in [9.17, 15) is 9.59 Å². The van der Waals surface area contributed by atoms with Crippen LogP contribution in [0.3, 0.4) is 0 Å². The highest BCUT2D eigenvalue weighted by Gasteiger charge is 2.22. The second-order valence-corrected chi connectivity index (χ2v) is 9.19. The molecule has 1 aromatic heterocycles. The second-order valence-electron chi connectivity index (χ2n) is 7.11. The number of benzene rings is 1. The molecular weight excluding hydrogens is 392 g/mol. The van der Waals surface area contributed by atoms with Gasteiger partial charge in [-0.1, -0.05) is 25.6 Å². The standard InChI is InChI=1S/C20H26N4O2S2/c1-14(2)19(26)24-10-8-23(9-11-24)17-6-4-16(5-7-17)22-18(25)13-28-20-21-15(3)12-27-20/h4-7,12,14H,8-11,13H2,1-3H3,(H,22,25). The molecule has 150 valence electrons. The molecule has 2 amide bonds. The fraction of sp³-hybridized carbons (Fsp3) is 0.450. The van der Waals surface area contributed by atoms with E-state index in [0.29, 0.717) is 5.75 Å². The summed E-state index contributed by atoms with van der Waals surface area (Å²) >= 11 is 3.01. The number of amides is 2. The van der Waals surface area contributed by atoms with Crippen molar-refractivity contribution in [3.05, 3.63) is 35.3 Å². The van der Waals surface area contributed by atoms with Crippen LogP contribution in [-0.2, 0) is 9.59 Å². The number of piperazine rings is 1. The summed E-state index contributed by atoms with van der Waals surface area (Å²) in [4.78, 5) is 32.8. The zero-order valence-corrected chi connectivity index (χ0v) is 18.1. The third-order valence-electron chi connectivity index (χ3n) is 4.53. The summed E-state index contributed by atoms with van der Waals surface area (Å²) in [5.41, 5.74) is 2.89. The predicted octanol–water partition coefficient (Wildman–Crippen LogP) is 3.49. The van der Waals surface area contributed by atoms with Crippen LogP contribution in [0.2, 0.25) is 0 Å². The van der Waals surface area contributed by atoms with Gasteiger partial charge in [0.25, 0.3) is 0 Å². The molecule has 0 atom stereocenters. The normalized spacial score (nSPS) is 14.4. The lowest BCUT2D eigenvalue weighted by atomic mass is 10.1. The third kappa shape index (κ3) is 5.48. The highest BCUT2D eigenvalue weighted by molar-refractivity contribution is 8.01. The van der Waals surface area contributed by atoms with Crippen LogP contribution in [0.5, 0.6) is 0 Å². The highest BCUT2D eigenvalue weighted by atomic mass is 32.2. The second kappa shape index (κ2) is 9.43. The molecule has 2 aromatic rings. The molecule has 0 radical (unpaired) electrons. The lowest BCUT2D eigenvalue weighted by Gasteiger charge is -2.37. The van der Waals surface area contributed by atoms with Crippen LogP contribution in [0.4, 0.5) is 11.4 Å². The fourth-order valence-corrected chi connectivity index (χ4v) is 4.68. The fourth-order valence-electron chi connectivity index (χ4n) is 3.03. The maximum Gasteiger partial charge on any atom is 0.234 e. The van der Waals surface area contributed by atoms with Crippen molar-refractivity contribution in [2.24, 2.45) is 5.92 Å². The van der Waals surface area contributed by atoms with Gasteiger partial charge in [0.15, 0.2) is 4.34 Å². The molecule has 0 unspecified atom stereocenters. The Morgan fingerprint density at radius 1 is 1.18 bits per heavy atom. The first-order valence-corrected chi connectivity index (χ1v) is 11.3. The Labute approximate surface area is 174 Å². The van der Waals surface area contributed by atoms with Crippen LogP contribution in [0.25, 0.3) is 0 Å². The summed E-state index contributed by atoms with van der Waals surface area (Å²) < 4.78 is 0.915. The monoisotopic (exact) mass is 418 g/mol. The minimum absolute atomic E-state index is 0.0357. The lowest BCUT2D eigenvalue weighted by Crippen LogP contribution is -2.49. The first-order chi connectivity index (χ1) is 13.4. The van der Waals surface area contributed by atoms with E-state index in [1.807, 2.05) is 55.3 Å². The summed E-state index contributed by atoms with van der Waals surface area (Å²) in [6.07, 6.45) is 0. The van der Waals surface area contributed by atoms with Gasteiger partial charge in [0.05, 0.1) is 5.75 Å². The molecule has 1 aliphatic heterocycles. The predicted molar refractivity (Wildman–Crippen MR) is 116 cm³/mol. The van der Waals surface area contributed by atoms with Crippen LogP contribution >= 0.6 is 23.1 Å². The van der Waals surface area contributed by atoms with Crippen LogP contribution in [0.1, 0.15) is 19.5 Å². The van der Waals surface area contributed by atoms with E-state index in [0.717, 1.165) is 47.6 Å². The summed E-state index contributed by atoms with van der Waals surface area (Å²) in [5, 5.41) is 4.91. The third-order valence-corrected chi connectivity index (χ3v) is 6.67. The molecule has 2 heterocycles. The van der Waals surface area contributed by atoms with E-state index in [1.54, 1.807) is 11.3 Å². The van der Waals surface area contributed by atoms with E-state index in [2.05, 4.69) is 15.2 Å². The number of nitrogens with one attached hydrogen (secondary N) is 1. The van der Waals surface area contributed by atoms with Gasteiger partial charge < -0.3 is 15.1 Å². The summed E-state index contributed by atoms with van der Waals surface area (Å²) in [6, 6.07) is 7.90. The zero-order valence-electron chi connectivity index (χ0n) is 16.5. The van der Waals surface area contributed by atoms with Crippen molar-refractivity contribution in [3.63, 3.8) is 0 Å². The number of rotatable bonds is 6. The molecule has 28 heavy (non-hydrogen) atoms. The van der Waals surface area contributed by atoms with Crippen molar-refractivity contribution in [3.8, 4) is 0 Å². The van der Waals surface area contributed by atoms with Gasteiger partial charge in [0.1, 0.15) is 0 Å². The molecule has 6 nitrogen and oxygen atoms in total. The number of nitrogens with zero attached hydrogens (tertiary/aromatic N) is 3. The Hall–Kier alpha value is -2.06. The number of carbonyl (C=O) groups is 2. The van der Waals surface area contributed by atoms with Gasteiger partial charge in [-0.2, -0.15) is 0 Å². The Morgan fingerprint density at radius 2 is 1.86 bits per heavy atom. The summed E-state index contributed by atoms with van der Waals surface area (Å²) in [6.45, 7) is 8.99. The summed E-state index contributed by atoms with van der Waals surface area (Å²) in [7, 11) is 0. The minimum Gasteiger partial charge on any atom is -0.368 e. The first kappa shape index (κ1) is 20.7. The number of hydrogen-bond donors (Lipinski definition) is 1. The average Bonchev–Trinajstić information content (AvgIpc) is 3.12. The number of aryl methyl sites for hydroxylation is 1. The van der Waals surface area contributed by atoms with Crippen molar-refractivity contribution < 1.29 is 9.59 Å². The lowest BCUT2D eigenvalue weighted by molar-refractivity contribution is -0.134. The molecule has 0 spiro atoms. The molecule has 3 rings (SSSR count). The van der Waals surface area contributed by atoms with E-state index in [4.69, 9.17) is 0 Å². The Morgan fingerprint density at radius 3 is 2.43 bits per heavy atom. The summed E-state index contributed by atoms with van der Waals surface area (Å²) in [5.74, 6) is 0.586. The number of thioether (sulfide) groups is 1. The van der Waals surface area contributed by atoms with E-state index in [-0.39, 0.29) is 17.7 Å². The van der Waals surface area contributed by atoms with Gasteiger partial charge in [0, 0.05) is 54.5 Å². The van der Waals surface area contributed by atoms with Crippen LogP contribution < -0.4 is 10.2 Å². The molecule has 1 saturated heterocycles. The number of carbonyl (C=O) groups excluding carboxylic acids is 2. The van der Waals surface area contributed by atoms with Gasteiger partial charge in [-0.05, 0) is 31.2 Å². The van der Waals surface area contributed by atoms with Gasteiger partial charge in [-0.25, -0.2) is 4.98 Å². The molecule has 1 N–H and O–H groups in total. The minimum atomic E-state index is -0.0357.